The van der Waals surface area contributed by atoms with Gasteiger partial charge in [-0.2, -0.15) is 5.26 Å². The first kappa shape index (κ1) is 15.3. The van der Waals surface area contributed by atoms with Crippen LogP contribution in [0.25, 0.3) is 0 Å². The van der Waals surface area contributed by atoms with Gasteiger partial charge in [0.15, 0.2) is 11.5 Å². The topological polar surface area (TPSA) is 71.8 Å². The number of halogens is 1. The molecule has 2 aromatic rings. The summed E-state index contributed by atoms with van der Waals surface area (Å²) in [7, 11) is 1.41. The van der Waals surface area contributed by atoms with Crippen molar-refractivity contribution in [1.82, 2.24) is 4.90 Å². The van der Waals surface area contributed by atoms with Gasteiger partial charge in [-0.25, -0.2) is 4.39 Å². The molecule has 0 aliphatic carbocycles. The maximum Gasteiger partial charge on any atom is 0.258 e. The van der Waals surface area contributed by atoms with Gasteiger partial charge in [-0.1, -0.05) is 6.07 Å². The first-order chi connectivity index (χ1) is 12.1. The number of methoxy groups -OCH3 is 1. The summed E-state index contributed by atoms with van der Waals surface area (Å²) in [6, 6.07) is 9.17. The number of nitrogens with zero attached hydrogens (tertiary/aromatic N) is 2. The van der Waals surface area contributed by atoms with Crippen molar-refractivity contribution in [1.29, 1.82) is 5.26 Å². The van der Waals surface area contributed by atoms with Gasteiger partial charge in [0.1, 0.15) is 17.6 Å². The molecule has 2 aliphatic heterocycles. The maximum absolute atomic E-state index is 14.3. The predicted molar refractivity (Wildman–Crippen MR) is 83.7 cm³/mol. The Bertz CT molecular complexity index is 922. The van der Waals surface area contributed by atoms with E-state index in [0.29, 0.717) is 17.1 Å². The Morgan fingerprint density at radius 3 is 2.88 bits per heavy atom. The predicted octanol–water partition coefficient (Wildman–Crippen LogP) is 2.78. The van der Waals surface area contributed by atoms with E-state index in [9.17, 15) is 14.4 Å². The van der Waals surface area contributed by atoms with Crippen molar-refractivity contribution in [2.75, 3.05) is 13.9 Å². The molecule has 2 aromatic carbocycles. The number of carbonyl (C=O) groups excluding carboxylic acids is 1. The van der Waals surface area contributed by atoms with Crippen molar-refractivity contribution in [2.24, 2.45) is 0 Å². The van der Waals surface area contributed by atoms with Crippen molar-refractivity contribution in [2.45, 2.75) is 12.6 Å². The fourth-order valence-corrected chi connectivity index (χ4v) is 3.13. The number of amides is 1. The Morgan fingerprint density at radius 1 is 1.32 bits per heavy atom. The molecule has 7 heteroatoms. The molecule has 1 unspecified atom stereocenters. The number of benzene rings is 2. The normalized spacial score (nSPS) is 17.4. The van der Waals surface area contributed by atoms with Crippen LogP contribution >= 0.6 is 0 Å². The molecule has 0 aromatic heterocycles. The molecule has 0 N–H and O–H groups in total. The van der Waals surface area contributed by atoms with Gasteiger partial charge in [0, 0.05) is 18.2 Å². The number of hydrogen-bond donors (Lipinski definition) is 0. The van der Waals surface area contributed by atoms with Crippen LogP contribution in [0.3, 0.4) is 0 Å². The highest BCUT2D eigenvalue weighted by Crippen LogP contribution is 2.39. The van der Waals surface area contributed by atoms with E-state index >= 15 is 0 Å². The molecular formula is C18H13FN2O4. The summed E-state index contributed by atoms with van der Waals surface area (Å²) in [6.45, 7) is 0.308. The van der Waals surface area contributed by atoms with Crippen LogP contribution in [0.5, 0.6) is 17.2 Å². The Hall–Kier alpha value is -3.27. The second-order valence-electron chi connectivity index (χ2n) is 5.73. The molecule has 0 bridgehead atoms. The smallest absolute Gasteiger partial charge is 0.258 e. The number of fused-ring (bicyclic) bond motifs is 2. The molecule has 1 atom stereocenters. The fraction of sp³-hybridized carbons (Fsp3) is 0.222. The van der Waals surface area contributed by atoms with E-state index < -0.39 is 17.8 Å². The second kappa shape index (κ2) is 5.67. The van der Waals surface area contributed by atoms with Crippen molar-refractivity contribution < 1.29 is 23.4 Å². The van der Waals surface area contributed by atoms with E-state index in [4.69, 9.17) is 14.2 Å². The summed E-state index contributed by atoms with van der Waals surface area (Å²) in [5.74, 6) is 0.289. The Labute approximate surface area is 142 Å². The van der Waals surface area contributed by atoms with Crippen LogP contribution < -0.4 is 14.2 Å². The first-order valence-corrected chi connectivity index (χ1v) is 7.59. The molecule has 0 radical (unpaired) electrons. The molecule has 126 valence electrons. The number of ether oxygens (including phenoxy) is 3. The lowest BCUT2D eigenvalue weighted by molar-refractivity contribution is 0.0741. The van der Waals surface area contributed by atoms with E-state index in [-0.39, 0.29) is 24.7 Å². The van der Waals surface area contributed by atoms with Crippen LogP contribution in [-0.2, 0) is 6.54 Å². The third kappa shape index (κ3) is 2.34. The second-order valence-corrected chi connectivity index (χ2v) is 5.73. The van der Waals surface area contributed by atoms with E-state index in [2.05, 4.69) is 6.07 Å². The number of nitriles is 1. The van der Waals surface area contributed by atoms with Gasteiger partial charge in [0.05, 0.1) is 18.7 Å². The van der Waals surface area contributed by atoms with Gasteiger partial charge in [0.2, 0.25) is 6.79 Å². The summed E-state index contributed by atoms with van der Waals surface area (Å²) >= 11 is 0. The lowest BCUT2D eigenvalue weighted by Crippen LogP contribution is -2.27. The van der Waals surface area contributed by atoms with E-state index in [1.807, 2.05) is 0 Å². The summed E-state index contributed by atoms with van der Waals surface area (Å²) < 4.78 is 29.9. The van der Waals surface area contributed by atoms with Crippen LogP contribution in [-0.4, -0.2) is 24.7 Å². The van der Waals surface area contributed by atoms with Crippen molar-refractivity contribution in [3.8, 4) is 23.3 Å². The Kier molecular flexibility index (Phi) is 3.46. The number of carbonyl (C=O) groups is 1. The highest BCUT2D eigenvalue weighted by molar-refractivity contribution is 6.00. The zero-order chi connectivity index (χ0) is 17.6. The Balaban J connectivity index is 1.70. The van der Waals surface area contributed by atoms with Crippen LogP contribution in [0.15, 0.2) is 30.3 Å². The number of rotatable bonds is 3. The molecule has 2 aliphatic rings. The molecule has 0 spiro atoms. The highest BCUT2D eigenvalue weighted by Gasteiger charge is 2.39. The SMILES string of the molecule is COc1cc(F)c2c(c1)C(C#N)N(Cc1ccc3c(c1)OCO3)C2=O. The van der Waals surface area contributed by atoms with Crippen LogP contribution in [0, 0.1) is 17.1 Å². The zero-order valence-corrected chi connectivity index (χ0v) is 13.3. The molecule has 0 fully saturated rings. The van der Waals surface area contributed by atoms with Crippen molar-refractivity contribution in [3.63, 3.8) is 0 Å². The van der Waals surface area contributed by atoms with E-state index in [0.717, 1.165) is 11.6 Å². The van der Waals surface area contributed by atoms with Gasteiger partial charge in [-0.05, 0) is 23.8 Å². The zero-order valence-electron chi connectivity index (χ0n) is 13.3. The van der Waals surface area contributed by atoms with Crippen LogP contribution in [0.2, 0.25) is 0 Å². The summed E-state index contributed by atoms with van der Waals surface area (Å²) in [4.78, 5) is 14.0. The molecule has 6 nitrogen and oxygen atoms in total. The highest BCUT2D eigenvalue weighted by atomic mass is 19.1. The summed E-state index contributed by atoms with van der Waals surface area (Å²) in [5.41, 5.74) is 1.01. The minimum absolute atomic E-state index is 0.0758. The lowest BCUT2D eigenvalue weighted by Gasteiger charge is -2.20. The summed E-state index contributed by atoms with van der Waals surface area (Å²) in [5, 5.41) is 9.54. The molecule has 0 saturated heterocycles. The van der Waals surface area contributed by atoms with Gasteiger partial charge in [-0.3, -0.25) is 4.79 Å². The van der Waals surface area contributed by atoms with Crippen LogP contribution in [0.1, 0.15) is 27.5 Å². The molecule has 0 saturated carbocycles. The van der Waals surface area contributed by atoms with E-state index in [1.165, 1.54) is 18.1 Å². The van der Waals surface area contributed by atoms with Crippen LogP contribution in [0.4, 0.5) is 4.39 Å². The standard InChI is InChI=1S/C18H13FN2O4/c1-23-11-5-12-14(7-20)21(18(22)17(12)13(19)6-11)8-10-2-3-15-16(4-10)25-9-24-15/h2-6,14H,8-9H2,1H3. The van der Waals surface area contributed by atoms with Gasteiger partial charge >= 0.3 is 0 Å². The minimum atomic E-state index is -0.877. The molecular weight excluding hydrogens is 327 g/mol. The first-order valence-electron chi connectivity index (χ1n) is 7.59. The van der Waals surface area contributed by atoms with Gasteiger partial charge < -0.3 is 19.1 Å². The largest absolute Gasteiger partial charge is 0.497 e. The van der Waals surface area contributed by atoms with Gasteiger partial charge in [-0.15, -0.1) is 0 Å². The summed E-state index contributed by atoms with van der Waals surface area (Å²) in [6.07, 6.45) is 0. The third-order valence-corrected chi connectivity index (χ3v) is 4.32. The number of hydrogen-bond acceptors (Lipinski definition) is 5. The Morgan fingerprint density at radius 2 is 2.12 bits per heavy atom. The quantitative estimate of drug-likeness (QED) is 0.859. The van der Waals surface area contributed by atoms with Crippen molar-refractivity contribution >= 4 is 5.91 Å². The molecule has 1 amide bonds. The third-order valence-electron chi connectivity index (χ3n) is 4.32. The fourth-order valence-electron chi connectivity index (χ4n) is 3.13. The average Bonchev–Trinajstić information content (AvgIpc) is 3.17. The van der Waals surface area contributed by atoms with E-state index in [1.54, 1.807) is 18.2 Å². The average molecular weight is 340 g/mol. The molecule has 4 rings (SSSR count). The minimum Gasteiger partial charge on any atom is -0.497 e. The monoisotopic (exact) mass is 340 g/mol. The molecule has 25 heavy (non-hydrogen) atoms. The maximum atomic E-state index is 14.3. The van der Waals surface area contributed by atoms with Gasteiger partial charge in [0.25, 0.3) is 5.91 Å². The molecule has 2 heterocycles. The van der Waals surface area contributed by atoms with Crippen molar-refractivity contribution in [3.05, 3.63) is 52.8 Å². The lowest BCUT2D eigenvalue weighted by atomic mass is 10.0.